The second kappa shape index (κ2) is 10.2. The lowest BCUT2D eigenvalue weighted by Gasteiger charge is -2.33. The summed E-state index contributed by atoms with van der Waals surface area (Å²) in [4.78, 5) is 19.3. The number of ether oxygens (including phenoxy) is 2. The van der Waals surface area contributed by atoms with E-state index in [9.17, 15) is 23.1 Å². The molecule has 0 aliphatic carbocycles. The molecule has 8 nitrogen and oxygen atoms in total. The first-order valence-electron chi connectivity index (χ1n) is 11.4. The van der Waals surface area contributed by atoms with Crippen LogP contribution in [0.5, 0.6) is 5.75 Å². The van der Waals surface area contributed by atoms with E-state index in [-0.39, 0.29) is 24.1 Å². The van der Waals surface area contributed by atoms with Crippen molar-refractivity contribution in [3.63, 3.8) is 0 Å². The molecule has 37 heavy (non-hydrogen) atoms. The number of carbonyl (C=O) groups excluding carboxylic acids is 1. The minimum Gasteiger partial charge on any atom is -0.508 e. The molecule has 12 heteroatoms. The van der Waals surface area contributed by atoms with Gasteiger partial charge in [-0.15, -0.1) is 0 Å². The zero-order chi connectivity index (χ0) is 26.2. The maximum atomic E-state index is 13.4. The van der Waals surface area contributed by atoms with Crippen LogP contribution in [0.1, 0.15) is 16.7 Å². The highest BCUT2D eigenvalue weighted by molar-refractivity contribution is 8.18. The standard InChI is InChI=1S/C25H23F3N4O4S/c1-35-14-19-13-31(6-7-36-19)24-30-23(34)22(37-24)9-15-2-5-21-17(8-15)11-29-32(21)12-16-3-4-18(33)10-20(16)25(26,27)28/h2-5,8-11,19,33H,6-7,12-14H2,1H3/b22-9-/t19-/m0/s1. The molecule has 2 aliphatic rings. The van der Waals surface area contributed by atoms with E-state index in [1.54, 1.807) is 31.5 Å². The van der Waals surface area contributed by atoms with Crippen molar-refractivity contribution >= 4 is 39.8 Å². The summed E-state index contributed by atoms with van der Waals surface area (Å²) < 4.78 is 52.6. The van der Waals surface area contributed by atoms with Gasteiger partial charge in [-0.3, -0.25) is 9.48 Å². The average Bonchev–Trinajstić information content (AvgIpc) is 3.43. The predicted octanol–water partition coefficient (Wildman–Crippen LogP) is 4.13. The number of thioether (sulfide) groups is 1. The third kappa shape index (κ3) is 5.50. The van der Waals surface area contributed by atoms with Gasteiger partial charge in [0.2, 0.25) is 0 Å². The van der Waals surface area contributed by atoms with Crippen LogP contribution in [0, 0.1) is 0 Å². The van der Waals surface area contributed by atoms with Crippen LogP contribution in [0.2, 0.25) is 0 Å². The van der Waals surface area contributed by atoms with E-state index >= 15 is 0 Å². The summed E-state index contributed by atoms with van der Waals surface area (Å²) in [6.45, 7) is 2.09. The number of halogens is 3. The molecule has 0 unspecified atom stereocenters. The fourth-order valence-corrected chi connectivity index (χ4v) is 5.26. The maximum Gasteiger partial charge on any atom is 0.416 e. The predicted molar refractivity (Wildman–Crippen MR) is 133 cm³/mol. The minimum absolute atomic E-state index is 0.00465. The van der Waals surface area contributed by atoms with E-state index < -0.39 is 17.5 Å². The number of alkyl halides is 3. The third-order valence-corrected chi connectivity index (χ3v) is 7.10. The van der Waals surface area contributed by atoms with Crippen LogP contribution in [0.15, 0.2) is 52.5 Å². The summed E-state index contributed by atoms with van der Waals surface area (Å²) in [5.74, 6) is -0.772. The molecule has 1 saturated heterocycles. The van der Waals surface area contributed by atoms with Crippen LogP contribution in [0.25, 0.3) is 17.0 Å². The first-order chi connectivity index (χ1) is 17.7. The molecule has 1 N–H and O–H groups in total. The molecule has 3 heterocycles. The summed E-state index contributed by atoms with van der Waals surface area (Å²) in [7, 11) is 1.61. The Hall–Kier alpha value is -3.35. The Bertz CT molecular complexity index is 1400. The third-order valence-electron chi connectivity index (χ3n) is 6.05. The molecule has 1 fully saturated rings. The molecule has 1 aromatic heterocycles. The number of carbonyl (C=O) groups is 1. The molecule has 2 aromatic carbocycles. The Morgan fingerprint density at radius 2 is 2.11 bits per heavy atom. The highest BCUT2D eigenvalue weighted by atomic mass is 32.2. The highest BCUT2D eigenvalue weighted by Gasteiger charge is 2.34. The Balaban J connectivity index is 1.33. The zero-order valence-corrected chi connectivity index (χ0v) is 20.6. The number of fused-ring (bicyclic) bond motifs is 1. The van der Waals surface area contributed by atoms with E-state index in [2.05, 4.69) is 10.1 Å². The molecule has 0 radical (unpaired) electrons. The summed E-state index contributed by atoms with van der Waals surface area (Å²) in [6, 6.07) is 8.55. The lowest BCUT2D eigenvalue weighted by molar-refractivity contribution is -0.138. The van der Waals surface area contributed by atoms with Gasteiger partial charge in [-0.25, -0.2) is 0 Å². The van der Waals surface area contributed by atoms with Crippen LogP contribution >= 0.6 is 11.8 Å². The number of morpholine rings is 1. The van der Waals surface area contributed by atoms with Crippen molar-refractivity contribution in [2.45, 2.75) is 18.8 Å². The fourth-order valence-electron chi connectivity index (χ4n) is 4.31. The number of aromatic nitrogens is 2. The molecule has 2 aliphatic heterocycles. The Morgan fingerprint density at radius 3 is 2.89 bits per heavy atom. The topological polar surface area (TPSA) is 89.2 Å². The van der Waals surface area contributed by atoms with E-state index in [0.717, 1.165) is 5.56 Å². The van der Waals surface area contributed by atoms with E-state index in [1.807, 2.05) is 11.0 Å². The summed E-state index contributed by atoms with van der Waals surface area (Å²) >= 11 is 1.30. The Morgan fingerprint density at radius 1 is 1.27 bits per heavy atom. The van der Waals surface area contributed by atoms with Crippen molar-refractivity contribution in [2.75, 3.05) is 33.4 Å². The van der Waals surface area contributed by atoms with E-state index in [0.29, 0.717) is 53.3 Å². The van der Waals surface area contributed by atoms with Crippen molar-refractivity contribution in [3.05, 3.63) is 64.2 Å². The number of phenolic OH excluding ortho intramolecular Hbond substituents is 1. The number of nitrogens with zero attached hydrogens (tertiary/aromatic N) is 4. The second-order valence-electron chi connectivity index (χ2n) is 8.66. The first-order valence-corrected chi connectivity index (χ1v) is 12.3. The van der Waals surface area contributed by atoms with Gasteiger partial charge in [-0.1, -0.05) is 12.1 Å². The molecular formula is C25H23F3N4O4S. The number of amides is 1. The maximum absolute atomic E-state index is 13.4. The van der Waals surface area contributed by atoms with Gasteiger partial charge in [0.05, 0.1) is 48.0 Å². The number of hydrogen-bond acceptors (Lipinski definition) is 7. The van der Waals surface area contributed by atoms with Crippen molar-refractivity contribution < 1.29 is 32.5 Å². The summed E-state index contributed by atoms with van der Waals surface area (Å²) in [5.41, 5.74) is 0.483. The zero-order valence-electron chi connectivity index (χ0n) is 19.7. The lowest BCUT2D eigenvalue weighted by atomic mass is 10.1. The molecule has 0 bridgehead atoms. The Kier molecular flexibility index (Phi) is 6.97. The molecule has 1 amide bonds. The van der Waals surface area contributed by atoms with Crippen molar-refractivity contribution in [1.82, 2.24) is 14.7 Å². The van der Waals surface area contributed by atoms with Crippen LogP contribution in [0.4, 0.5) is 13.2 Å². The van der Waals surface area contributed by atoms with Crippen molar-refractivity contribution in [2.24, 2.45) is 4.99 Å². The van der Waals surface area contributed by atoms with Gasteiger partial charge >= 0.3 is 6.18 Å². The monoisotopic (exact) mass is 532 g/mol. The number of hydrogen-bond donors (Lipinski definition) is 1. The largest absolute Gasteiger partial charge is 0.508 e. The van der Waals surface area contributed by atoms with Crippen LogP contribution < -0.4 is 0 Å². The van der Waals surface area contributed by atoms with Crippen molar-refractivity contribution in [1.29, 1.82) is 0 Å². The molecule has 0 saturated carbocycles. The minimum atomic E-state index is -4.60. The summed E-state index contributed by atoms with van der Waals surface area (Å²) in [6.07, 6.45) is -1.37. The quantitative estimate of drug-likeness (QED) is 0.495. The number of methoxy groups -OCH3 is 1. The van der Waals surface area contributed by atoms with Crippen molar-refractivity contribution in [3.8, 4) is 5.75 Å². The van der Waals surface area contributed by atoms with Gasteiger partial charge < -0.3 is 19.5 Å². The van der Waals surface area contributed by atoms with Gasteiger partial charge in [-0.2, -0.15) is 23.3 Å². The smallest absolute Gasteiger partial charge is 0.416 e. The van der Waals surface area contributed by atoms with Gasteiger partial charge in [0.1, 0.15) is 5.75 Å². The number of aromatic hydroxyl groups is 1. The number of aliphatic imine (C=N–C) groups is 1. The van der Waals surface area contributed by atoms with Gasteiger partial charge in [-0.05, 0) is 53.2 Å². The normalized spacial score (nSPS) is 19.7. The molecule has 194 valence electrons. The van der Waals surface area contributed by atoms with E-state index in [4.69, 9.17) is 9.47 Å². The molecule has 5 rings (SSSR count). The summed E-state index contributed by atoms with van der Waals surface area (Å²) in [5, 5.41) is 15.1. The van der Waals surface area contributed by atoms with Crippen LogP contribution in [-0.2, 0) is 27.0 Å². The number of amidine groups is 1. The molecular weight excluding hydrogens is 509 g/mol. The van der Waals surface area contributed by atoms with Gasteiger partial charge in [0.25, 0.3) is 5.91 Å². The Labute approximate surface area is 214 Å². The SMILES string of the molecule is COC[C@@H]1CN(C2=NC(=O)/C(=C/c3ccc4c(cnn4Cc4ccc(O)cc4C(F)(F)F)c3)S2)CCO1. The average molecular weight is 533 g/mol. The molecule has 1 atom stereocenters. The highest BCUT2D eigenvalue weighted by Crippen LogP contribution is 2.35. The number of phenols is 1. The van der Waals surface area contributed by atoms with Crippen LogP contribution in [0.3, 0.4) is 0 Å². The van der Waals surface area contributed by atoms with Gasteiger partial charge in [0, 0.05) is 25.6 Å². The molecule has 0 spiro atoms. The van der Waals surface area contributed by atoms with E-state index in [1.165, 1.54) is 28.6 Å². The lowest BCUT2D eigenvalue weighted by Crippen LogP contribution is -2.46. The van der Waals surface area contributed by atoms with Crippen LogP contribution in [-0.4, -0.2) is 70.4 Å². The fraction of sp³-hybridized carbons (Fsp3) is 0.320. The number of benzene rings is 2. The molecule has 3 aromatic rings. The second-order valence-corrected chi connectivity index (χ2v) is 9.67. The first kappa shape index (κ1) is 25.3. The van der Waals surface area contributed by atoms with Gasteiger partial charge in [0.15, 0.2) is 5.17 Å². The number of rotatable bonds is 5.